The Morgan fingerprint density at radius 1 is 1.03 bits per heavy atom. The molecule has 0 bridgehead atoms. The van der Waals surface area contributed by atoms with E-state index in [1.807, 2.05) is 6.92 Å². The summed E-state index contributed by atoms with van der Waals surface area (Å²) in [6.45, 7) is 1.92. The molecule has 2 N–H and O–H groups in total. The van der Waals surface area contributed by atoms with E-state index in [-0.39, 0.29) is 18.2 Å². The van der Waals surface area contributed by atoms with Crippen molar-refractivity contribution in [3.05, 3.63) is 84.1 Å². The minimum Gasteiger partial charge on any atom is -0.358 e. The van der Waals surface area contributed by atoms with E-state index in [1.165, 1.54) is 17.1 Å². The van der Waals surface area contributed by atoms with Gasteiger partial charge in [-0.1, -0.05) is 0 Å². The molecule has 5 heterocycles. The second-order valence-electron chi connectivity index (χ2n) is 7.52. The third-order valence-corrected chi connectivity index (χ3v) is 5.41. The molecule has 4 aromatic heterocycles. The van der Waals surface area contributed by atoms with E-state index in [0.717, 1.165) is 16.8 Å². The molecule has 0 fully saturated rings. The van der Waals surface area contributed by atoms with Gasteiger partial charge in [0, 0.05) is 60.6 Å². The van der Waals surface area contributed by atoms with Crippen molar-refractivity contribution in [2.75, 3.05) is 0 Å². The Bertz CT molecular complexity index is 1410. The molecule has 5 rings (SSSR count). The van der Waals surface area contributed by atoms with Crippen LogP contribution in [-0.4, -0.2) is 52.0 Å². The van der Waals surface area contributed by atoms with Gasteiger partial charge in [-0.2, -0.15) is 5.10 Å². The van der Waals surface area contributed by atoms with Gasteiger partial charge in [-0.05, 0) is 25.0 Å². The molecule has 0 aliphatic carbocycles. The highest BCUT2D eigenvalue weighted by Crippen LogP contribution is 2.32. The number of hydrogen-bond donors (Lipinski definition) is 2. The molecule has 1 amide bonds. The maximum atomic E-state index is 12.6. The summed E-state index contributed by atoms with van der Waals surface area (Å²) in [4.78, 5) is 49.4. The van der Waals surface area contributed by atoms with Crippen molar-refractivity contribution in [1.82, 2.24) is 39.9 Å². The van der Waals surface area contributed by atoms with E-state index in [0.29, 0.717) is 34.8 Å². The van der Waals surface area contributed by atoms with Gasteiger partial charge in [-0.25, -0.2) is 10.4 Å². The molecule has 34 heavy (non-hydrogen) atoms. The fraction of sp³-hybridized carbons (Fsp3) is 0.130. The topological polar surface area (TPSA) is 144 Å². The lowest BCUT2D eigenvalue weighted by Gasteiger charge is -2.07. The van der Waals surface area contributed by atoms with Crippen molar-refractivity contribution in [1.29, 1.82) is 0 Å². The average molecular weight is 453 g/mol. The van der Waals surface area contributed by atoms with Crippen LogP contribution >= 0.6 is 0 Å². The van der Waals surface area contributed by atoms with E-state index in [9.17, 15) is 9.59 Å². The maximum Gasteiger partial charge on any atom is 0.273 e. The first-order valence-corrected chi connectivity index (χ1v) is 10.5. The van der Waals surface area contributed by atoms with Crippen LogP contribution in [0.4, 0.5) is 0 Å². The van der Waals surface area contributed by atoms with Gasteiger partial charge in [0.2, 0.25) is 5.91 Å². The van der Waals surface area contributed by atoms with Crippen LogP contribution < -0.4 is 5.43 Å². The fourth-order valence-electron chi connectivity index (χ4n) is 3.83. The zero-order chi connectivity index (χ0) is 23.5. The highest BCUT2D eigenvalue weighted by molar-refractivity contribution is 6.32. The molecule has 11 heteroatoms. The van der Waals surface area contributed by atoms with Crippen LogP contribution in [0.15, 0.2) is 66.6 Å². The summed E-state index contributed by atoms with van der Waals surface area (Å²) in [5.74, 6) is -0.426. The Labute approximate surface area is 193 Å². The number of imidazole rings is 1. The Morgan fingerprint density at radius 2 is 1.79 bits per heavy atom. The van der Waals surface area contributed by atoms with Gasteiger partial charge >= 0.3 is 0 Å². The highest BCUT2D eigenvalue weighted by atomic mass is 16.2. The molecule has 168 valence electrons. The number of amides is 1. The standard InChI is InChI=1S/C23H19N9O2/c1-14-15(2-3-20(33)32-9-8-26-13-32)21(18-11-24-4-6-27-18)17(29-14)10-16-22(30-31-23(16)34)19-12-25-5-7-28-19/h4-13,29H,2-3H2,1H3,(H,31,34). The molecular formula is C23H19N9O2. The monoisotopic (exact) mass is 453 g/mol. The zero-order valence-corrected chi connectivity index (χ0v) is 18.1. The summed E-state index contributed by atoms with van der Waals surface area (Å²) >= 11 is 0. The summed E-state index contributed by atoms with van der Waals surface area (Å²) in [6.07, 6.45) is 16.6. The number of aromatic nitrogens is 7. The number of hydrogen-bond acceptors (Lipinski definition) is 8. The highest BCUT2D eigenvalue weighted by Gasteiger charge is 2.27. The van der Waals surface area contributed by atoms with Gasteiger partial charge in [-0.3, -0.25) is 34.1 Å². The molecule has 0 aromatic carbocycles. The van der Waals surface area contributed by atoms with Gasteiger partial charge in [0.05, 0.1) is 23.7 Å². The number of aryl methyl sites for hydroxylation is 1. The van der Waals surface area contributed by atoms with Crippen LogP contribution in [0.5, 0.6) is 0 Å². The van der Waals surface area contributed by atoms with Crippen molar-refractivity contribution in [3.63, 3.8) is 0 Å². The lowest BCUT2D eigenvalue weighted by molar-refractivity contribution is -0.116. The average Bonchev–Trinajstić information content (AvgIpc) is 3.59. The number of hydrazone groups is 1. The van der Waals surface area contributed by atoms with Crippen LogP contribution in [0.25, 0.3) is 17.3 Å². The molecule has 1 aliphatic rings. The predicted octanol–water partition coefficient (Wildman–Crippen LogP) is 1.96. The Morgan fingerprint density at radius 3 is 2.47 bits per heavy atom. The van der Waals surface area contributed by atoms with Gasteiger partial charge in [0.25, 0.3) is 5.91 Å². The van der Waals surface area contributed by atoms with Crippen molar-refractivity contribution < 1.29 is 9.59 Å². The minimum absolute atomic E-state index is 0.0738. The molecule has 0 unspecified atom stereocenters. The molecule has 0 radical (unpaired) electrons. The summed E-state index contributed by atoms with van der Waals surface area (Å²) in [5.41, 5.74) is 7.54. The molecule has 4 aromatic rings. The Hall–Kier alpha value is -4.80. The number of carbonyl (C=O) groups excluding carboxylic acids is 2. The van der Waals surface area contributed by atoms with E-state index in [4.69, 9.17) is 0 Å². The molecule has 11 nitrogen and oxygen atoms in total. The predicted molar refractivity (Wildman–Crippen MR) is 122 cm³/mol. The molecular weight excluding hydrogens is 434 g/mol. The van der Waals surface area contributed by atoms with Crippen molar-refractivity contribution in [3.8, 4) is 11.3 Å². The van der Waals surface area contributed by atoms with Crippen LogP contribution in [0.1, 0.15) is 33.9 Å². The van der Waals surface area contributed by atoms with Crippen LogP contribution in [-0.2, 0) is 11.2 Å². The first kappa shape index (κ1) is 21.1. The molecule has 0 saturated heterocycles. The quantitative estimate of drug-likeness (QED) is 0.425. The number of carbonyl (C=O) groups is 2. The maximum absolute atomic E-state index is 12.6. The van der Waals surface area contributed by atoms with Gasteiger partial charge in [-0.15, -0.1) is 0 Å². The van der Waals surface area contributed by atoms with Gasteiger partial charge < -0.3 is 4.98 Å². The summed E-state index contributed by atoms with van der Waals surface area (Å²) in [5, 5.41) is 4.14. The molecule has 0 spiro atoms. The third-order valence-electron chi connectivity index (χ3n) is 5.41. The number of rotatable bonds is 6. The Kier molecular flexibility index (Phi) is 5.56. The summed E-state index contributed by atoms with van der Waals surface area (Å²) in [6, 6.07) is 0. The number of nitrogens with zero attached hydrogens (tertiary/aromatic N) is 7. The zero-order valence-electron chi connectivity index (χ0n) is 18.1. The Balaban J connectivity index is 1.56. The van der Waals surface area contributed by atoms with Crippen molar-refractivity contribution >= 4 is 23.6 Å². The van der Waals surface area contributed by atoms with Gasteiger partial charge in [0.1, 0.15) is 17.7 Å². The minimum atomic E-state index is -0.352. The lowest BCUT2D eigenvalue weighted by atomic mass is 9.99. The molecule has 1 aliphatic heterocycles. The summed E-state index contributed by atoms with van der Waals surface area (Å²) < 4.78 is 1.46. The largest absolute Gasteiger partial charge is 0.358 e. The van der Waals surface area contributed by atoms with Crippen LogP contribution in [0, 0.1) is 6.92 Å². The second kappa shape index (κ2) is 8.98. The summed E-state index contributed by atoms with van der Waals surface area (Å²) in [7, 11) is 0. The molecule has 0 saturated carbocycles. The number of nitrogens with one attached hydrogen (secondary N) is 2. The second-order valence-corrected chi connectivity index (χ2v) is 7.52. The van der Waals surface area contributed by atoms with E-state index in [1.54, 1.807) is 49.5 Å². The van der Waals surface area contributed by atoms with E-state index >= 15 is 0 Å². The molecule has 0 atom stereocenters. The van der Waals surface area contributed by atoms with Crippen molar-refractivity contribution in [2.45, 2.75) is 19.8 Å². The van der Waals surface area contributed by atoms with E-state index < -0.39 is 0 Å². The first-order chi connectivity index (χ1) is 16.6. The van der Waals surface area contributed by atoms with E-state index in [2.05, 4.69) is 40.4 Å². The first-order valence-electron chi connectivity index (χ1n) is 10.5. The number of H-pyrrole nitrogens is 1. The fourth-order valence-corrected chi connectivity index (χ4v) is 3.83. The lowest BCUT2D eigenvalue weighted by Crippen LogP contribution is -2.14. The van der Waals surface area contributed by atoms with Gasteiger partial charge in [0.15, 0.2) is 0 Å². The number of aromatic amines is 1. The van der Waals surface area contributed by atoms with Crippen molar-refractivity contribution in [2.24, 2.45) is 5.10 Å². The van der Waals surface area contributed by atoms with Crippen LogP contribution in [0.3, 0.4) is 0 Å². The van der Waals surface area contributed by atoms with Crippen LogP contribution in [0.2, 0.25) is 0 Å². The normalized spacial score (nSPS) is 14.3. The third kappa shape index (κ3) is 4.01. The SMILES string of the molecule is Cc1[nH]c(C=C2C(=O)NN=C2c2cnccn2)c(-c2cnccn2)c1CCC(=O)n1ccnc1. The smallest absolute Gasteiger partial charge is 0.273 e.